The maximum absolute atomic E-state index is 13.3. The van der Waals surface area contributed by atoms with Gasteiger partial charge in [0.25, 0.3) is 0 Å². The summed E-state index contributed by atoms with van der Waals surface area (Å²) in [5.74, 6) is -0.217. The highest BCUT2D eigenvalue weighted by atomic mass is 79.9. The Balaban J connectivity index is 2.36. The van der Waals surface area contributed by atoms with Gasteiger partial charge in [0.15, 0.2) is 0 Å². The molecule has 0 N–H and O–H groups in total. The van der Waals surface area contributed by atoms with Gasteiger partial charge in [-0.25, -0.2) is 4.39 Å². The van der Waals surface area contributed by atoms with E-state index in [-0.39, 0.29) is 11.4 Å². The zero-order valence-corrected chi connectivity index (χ0v) is 9.60. The predicted octanol–water partition coefficient (Wildman–Crippen LogP) is 3.61. The Morgan fingerprint density at radius 3 is 2.57 bits per heavy atom. The first-order valence-electron chi connectivity index (χ1n) is 4.69. The van der Waals surface area contributed by atoms with Crippen LogP contribution in [0, 0.1) is 5.82 Å². The Bertz CT molecular complexity index is 342. The van der Waals surface area contributed by atoms with E-state index in [9.17, 15) is 4.39 Å². The van der Waals surface area contributed by atoms with Crippen molar-refractivity contribution in [3.63, 3.8) is 0 Å². The Morgan fingerprint density at radius 1 is 1.43 bits per heavy atom. The van der Waals surface area contributed by atoms with Gasteiger partial charge in [-0.2, -0.15) is 0 Å². The minimum absolute atomic E-state index is 0.217. The van der Waals surface area contributed by atoms with E-state index >= 15 is 0 Å². The monoisotopic (exact) mass is 258 g/mol. The van der Waals surface area contributed by atoms with E-state index < -0.39 is 0 Å². The second-order valence-electron chi connectivity index (χ2n) is 3.68. The molecular formula is C11H12BrFO. The zero-order valence-electron chi connectivity index (χ0n) is 8.02. The first kappa shape index (κ1) is 10.1. The molecule has 1 aliphatic carbocycles. The third kappa shape index (κ3) is 1.48. The summed E-state index contributed by atoms with van der Waals surface area (Å²) < 4.78 is 19.3. The van der Waals surface area contributed by atoms with Gasteiger partial charge in [0.05, 0.1) is 10.1 Å². The molecule has 14 heavy (non-hydrogen) atoms. The van der Waals surface area contributed by atoms with Crippen LogP contribution in [-0.4, -0.2) is 7.11 Å². The maximum atomic E-state index is 13.3. The lowest BCUT2D eigenvalue weighted by atomic mass is 9.75. The summed E-state index contributed by atoms with van der Waals surface area (Å²) in [6, 6.07) is 5.23. The van der Waals surface area contributed by atoms with Crippen LogP contribution in [-0.2, 0) is 10.3 Å². The molecule has 0 heterocycles. The molecule has 0 unspecified atom stereocenters. The van der Waals surface area contributed by atoms with Gasteiger partial charge in [0, 0.05) is 7.11 Å². The SMILES string of the molecule is COC1(c2ccc(Br)c(F)c2)CCC1. The fraction of sp³-hybridized carbons (Fsp3) is 0.455. The minimum Gasteiger partial charge on any atom is -0.374 e. The second-order valence-corrected chi connectivity index (χ2v) is 4.54. The highest BCUT2D eigenvalue weighted by molar-refractivity contribution is 9.10. The van der Waals surface area contributed by atoms with Gasteiger partial charge in [-0.1, -0.05) is 6.07 Å². The Labute approximate surface area is 91.4 Å². The van der Waals surface area contributed by atoms with Crippen LogP contribution in [0.3, 0.4) is 0 Å². The van der Waals surface area contributed by atoms with Crippen molar-refractivity contribution in [1.82, 2.24) is 0 Å². The second kappa shape index (κ2) is 3.63. The molecule has 3 heteroatoms. The van der Waals surface area contributed by atoms with Crippen LogP contribution in [0.1, 0.15) is 24.8 Å². The number of methoxy groups -OCH3 is 1. The van der Waals surface area contributed by atoms with Gasteiger partial charge in [-0.3, -0.25) is 0 Å². The van der Waals surface area contributed by atoms with E-state index in [0.717, 1.165) is 24.8 Å². The van der Waals surface area contributed by atoms with E-state index in [4.69, 9.17) is 4.74 Å². The van der Waals surface area contributed by atoms with Gasteiger partial charge in [0.1, 0.15) is 5.82 Å². The van der Waals surface area contributed by atoms with Crippen molar-refractivity contribution in [2.75, 3.05) is 7.11 Å². The minimum atomic E-state index is -0.221. The molecule has 1 aromatic carbocycles. The zero-order chi connectivity index (χ0) is 10.2. The summed E-state index contributed by atoms with van der Waals surface area (Å²) in [6.07, 6.45) is 3.14. The van der Waals surface area contributed by atoms with Gasteiger partial charge in [-0.05, 0) is 52.9 Å². The highest BCUT2D eigenvalue weighted by Crippen LogP contribution is 2.44. The molecule has 1 nitrogen and oxygen atoms in total. The standard InChI is InChI=1S/C11H12BrFO/c1-14-11(5-2-6-11)8-3-4-9(12)10(13)7-8/h3-4,7H,2,5-6H2,1H3. The smallest absolute Gasteiger partial charge is 0.137 e. The number of ether oxygens (including phenoxy) is 1. The number of hydrogen-bond acceptors (Lipinski definition) is 1. The molecule has 1 aliphatic rings. The lowest BCUT2D eigenvalue weighted by Crippen LogP contribution is -2.36. The van der Waals surface area contributed by atoms with Gasteiger partial charge in [0.2, 0.25) is 0 Å². The van der Waals surface area contributed by atoms with Crippen LogP contribution >= 0.6 is 15.9 Å². The molecule has 1 fully saturated rings. The summed E-state index contributed by atoms with van der Waals surface area (Å²) in [5.41, 5.74) is 0.730. The van der Waals surface area contributed by atoms with E-state index in [0.29, 0.717) is 4.47 Å². The molecule has 0 spiro atoms. The Morgan fingerprint density at radius 2 is 2.14 bits per heavy atom. The van der Waals surface area contributed by atoms with Crippen molar-refractivity contribution in [3.05, 3.63) is 34.1 Å². The van der Waals surface area contributed by atoms with Gasteiger partial charge in [-0.15, -0.1) is 0 Å². The molecular weight excluding hydrogens is 247 g/mol. The summed E-state index contributed by atoms with van der Waals surface area (Å²) in [5, 5.41) is 0. The third-order valence-corrected chi connectivity index (χ3v) is 3.64. The molecule has 0 amide bonds. The average Bonchev–Trinajstić information content (AvgIpc) is 2.10. The van der Waals surface area contributed by atoms with Crippen molar-refractivity contribution in [2.45, 2.75) is 24.9 Å². The summed E-state index contributed by atoms with van der Waals surface area (Å²) >= 11 is 3.14. The molecule has 0 saturated heterocycles. The molecule has 1 aromatic rings. The normalized spacial score (nSPS) is 19.1. The predicted molar refractivity (Wildman–Crippen MR) is 56.6 cm³/mol. The summed E-state index contributed by atoms with van der Waals surface area (Å²) in [4.78, 5) is 0. The van der Waals surface area contributed by atoms with Crippen LogP contribution in [0.4, 0.5) is 4.39 Å². The fourth-order valence-corrected chi connectivity index (χ4v) is 2.13. The third-order valence-electron chi connectivity index (χ3n) is 3.00. The first-order chi connectivity index (χ1) is 6.68. The average molecular weight is 259 g/mol. The molecule has 0 aromatic heterocycles. The van der Waals surface area contributed by atoms with Crippen LogP contribution < -0.4 is 0 Å². The number of rotatable bonds is 2. The largest absolute Gasteiger partial charge is 0.374 e. The van der Waals surface area contributed by atoms with Crippen molar-refractivity contribution >= 4 is 15.9 Å². The van der Waals surface area contributed by atoms with Crippen molar-refractivity contribution in [2.24, 2.45) is 0 Å². The van der Waals surface area contributed by atoms with E-state index in [1.165, 1.54) is 0 Å². The quantitative estimate of drug-likeness (QED) is 0.788. The summed E-state index contributed by atoms with van der Waals surface area (Å²) in [7, 11) is 1.69. The molecule has 2 rings (SSSR count). The molecule has 0 aliphatic heterocycles. The Hall–Kier alpha value is -0.410. The molecule has 0 bridgehead atoms. The molecule has 1 saturated carbocycles. The van der Waals surface area contributed by atoms with E-state index in [1.807, 2.05) is 6.07 Å². The summed E-state index contributed by atoms with van der Waals surface area (Å²) in [6.45, 7) is 0. The van der Waals surface area contributed by atoms with Crippen LogP contribution in [0.2, 0.25) is 0 Å². The molecule has 0 radical (unpaired) electrons. The van der Waals surface area contributed by atoms with E-state index in [1.54, 1.807) is 19.2 Å². The fourth-order valence-electron chi connectivity index (χ4n) is 1.89. The first-order valence-corrected chi connectivity index (χ1v) is 5.48. The number of halogens is 2. The van der Waals surface area contributed by atoms with Crippen LogP contribution in [0.5, 0.6) is 0 Å². The van der Waals surface area contributed by atoms with Crippen molar-refractivity contribution in [1.29, 1.82) is 0 Å². The Kier molecular flexibility index (Phi) is 2.62. The van der Waals surface area contributed by atoms with E-state index in [2.05, 4.69) is 15.9 Å². The van der Waals surface area contributed by atoms with Crippen molar-refractivity contribution < 1.29 is 9.13 Å². The maximum Gasteiger partial charge on any atom is 0.137 e. The number of hydrogen-bond donors (Lipinski definition) is 0. The molecule has 76 valence electrons. The topological polar surface area (TPSA) is 9.23 Å². The lowest BCUT2D eigenvalue weighted by Gasteiger charge is -2.41. The molecule has 0 atom stereocenters. The number of benzene rings is 1. The van der Waals surface area contributed by atoms with Gasteiger partial charge < -0.3 is 4.74 Å². The lowest BCUT2D eigenvalue weighted by molar-refractivity contribution is -0.0780. The van der Waals surface area contributed by atoms with Crippen LogP contribution in [0.25, 0.3) is 0 Å². The highest BCUT2D eigenvalue weighted by Gasteiger charge is 2.38. The van der Waals surface area contributed by atoms with Crippen LogP contribution in [0.15, 0.2) is 22.7 Å². The van der Waals surface area contributed by atoms with Crippen molar-refractivity contribution in [3.8, 4) is 0 Å². The van der Waals surface area contributed by atoms with Gasteiger partial charge >= 0.3 is 0 Å².